The Balaban J connectivity index is 3.51. The van der Waals surface area contributed by atoms with Crippen molar-refractivity contribution in [2.75, 3.05) is 89.3 Å². The van der Waals surface area contributed by atoms with Crippen LogP contribution in [0.1, 0.15) is 88.0 Å². The molecule has 5 atom stereocenters. The highest BCUT2D eigenvalue weighted by atomic mass is 32.2. The van der Waals surface area contributed by atoms with Gasteiger partial charge in [-0.05, 0) is 75.2 Å². The van der Waals surface area contributed by atoms with Gasteiger partial charge in [0.25, 0.3) is 5.60 Å². The maximum atomic E-state index is 13.9. The minimum Gasteiger partial charge on any atom is -0.501 e. The van der Waals surface area contributed by atoms with E-state index in [1.54, 1.807) is 13.8 Å². The summed E-state index contributed by atoms with van der Waals surface area (Å²) in [5.41, 5.74) is 14.3. The molecule has 29 heteroatoms. The zero-order chi connectivity index (χ0) is 55.4. The number of aliphatic hydroxyl groups excluding tert-OH is 1. The first-order chi connectivity index (χ1) is 34.6. The van der Waals surface area contributed by atoms with Gasteiger partial charge in [-0.25, -0.2) is 28.8 Å². The van der Waals surface area contributed by atoms with E-state index in [0.717, 1.165) is 11.8 Å². The Morgan fingerprint density at radius 2 is 1.12 bits per heavy atom. The Hall–Kier alpha value is -5.30. The highest BCUT2D eigenvalue weighted by molar-refractivity contribution is 8.03. The zero-order valence-corrected chi connectivity index (χ0v) is 45.0. The molecule has 27 nitrogen and oxygen atoms in total. The molecule has 0 aromatic rings. The fraction of sp³-hybridized carbons (Fsp3) is 0.727. The number of cyclic esters (lactones) is 1. The summed E-state index contributed by atoms with van der Waals surface area (Å²) < 4.78 is 10.8. The van der Waals surface area contributed by atoms with Crippen LogP contribution in [0.2, 0.25) is 0 Å². The Morgan fingerprint density at radius 1 is 0.658 bits per heavy atom. The number of quaternary nitrogens is 2. The van der Waals surface area contributed by atoms with Crippen molar-refractivity contribution in [3.63, 3.8) is 0 Å². The third-order valence-corrected chi connectivity index (χ3v) is 13.9. The van der Waals surface area contributed by atoms with Crippen molar-refractivity contribution in [1.29, 1.82) is 0 Å². The third kappa shape index (κ3) is 21.2. The van der Waals surface area contributed by atoms with E-state index < -0.39 is 124 Å². The number of carbonyl (C=O) groups is 10. The van der Waals surface area contributed by atoms with Gasteiger partial charge in [-0.3, -0.25) is 28.9 Å². The lowest BCUT2D eigenvalue weighted by Crippen LogP contribution is -2.53. The Labute approximate surface area is 434 Å². The molecule has 11 N–H and O–H groups in total. The smallest absolute Gasteiger partial charge is 0.385 e. The number of amides is 4. The molecule has 73 heavy (non-hydrogen) atoms. The summed E-state index contributed by atoms with van der Waals surface area (Å²) in [6.45, 7) is 17.6. The lowest BCUT2D eigenvalue weighted by molar-refractivity contribution is -1.09. The molecule has 0 bridgehead atoms. The van der Waals surface area contributed by atoms with Crippen molar-refractivity contribution in [1.82, 2.24) is 32.2 Å². The molecular weight excluding hydrogens is 1000 g/mol. The van der Waals surface area contributed by atoms with Gasteiger partial charge < -0.3 is 57.0 Å². The van der Waals surface area contributed by atoms with Gasteiger partial charge in [-0.2, -0.15) is 22.7 Å². The van der Waals surface area contributed by atoms with Crippen molar-refractivity contribution in [2.24, 2.45) is 11.5 Å². The van der Waals surface area contributed by atoms with E-state index >= 15 is 0 Å². The van der Waals surface area contributed by atoms with Gasteiger partial charge in [-0.15, -0.1) is 21.1 Å². The normalized spacial score (nSPS) is 16.2. The highest BCUT2D eigenvalue weighted by Crippen LogP contribution is 2.43. The van der Waals surface area contributed by atoms with Gasteiger partial charge in [0.1, 0.15) is 76.5 Å². The number of hydrogen-bond donors (Lipinski definition) is 9. The number of ether oxygens (including phenoxy) is 2. The second kappa shape index (κ2) is 33.5. The number of nitrogens with one attached hydrogen (secondary N) is 6. The molecule has 416 valence electrons. The van der Waals surface area contributed by atoms with Crippen molar-refractivity contribution in [2.45, 2.75) is 118 Å². The minimum absolute atomic E-state index is 0.00497. The number of esters is 2. The first-order valence-electron chi connectivity index (χ1n) is 24.3. The fourth-order valence-corrected chi connectivity index (χ4v) is 9.17. The van der Waals surface area contributed by atoms with Gasteiger partial charge in [-0.1, -0.05) is 0 Å². The third-order valence-electron chi connectivity index (χ3n) is 11.4. The summed E-state index contributed by atoms with van der Waals surface area (Å²) >= 11 is 1.32. The SMILES string of the molecule is CCNOC(=O)CNC(=O)C(CSC1=C(O)C(=O)OC1(CSCC(NC(=O)CCC(N)C(=O)ONCC)C(=O)NCC(=O)O[N+](CC)(CC)CC)C(=O)OCC)NC(=O)CCC(N)C(=O)O[N+](CC)(CC)CC. The Kier molecular flexibility index (Phi) is 30.2. The Morgan fingerprint density at radius 3 is 1.62 bits per heavy atom. The maximum absolute atomic E-state index is 13.9. The number of nitrogens with zero attached hydrogens (tertiary/aromatic N) is 2. The van der Waals surface area contributed by atoms with Crippen molar-refractivity contribution >= 4 is 83.0 Å². The van der Waals surface area contributed by atoms with Gasteiger partial charge >= 0.3 is 35.8 Å². The molecule has 0 saturated carbocycles. The molecule has 0 aliphatic carbocycles. The molecule has 0 saturated heterocycles. The van der Waals surface area contributed by atoms with Crippen molar-refractivity contribution in [3.8, 4) is 0 Å². The first kappa shape index (κ1) is 65.7. The zero-order valence-electron chi connectivity index (χ0n) is 43.4. The molecule has 0 aromatic heterocycles. The van der Waals surface area contributed by atoms with Crippen LogP contribution < -0.4 is 43.7 Å². The van der Waals surface area contributed by atoms with Gasteiger partial charge in [0.05, 0.1) is 11.5 Å². The van der Waals surface area contributed by atoms with Crippen LogP contribution in [0.15, 0.2) is 10.7 Å². The molecule has 4 amide bonds. The van der Waals surface area contributed by atoms with Crippen LogP contribution in [0.4, 0.5) is 0 Å². The molecule has 5 unspecified atom stereocenters. The van der Waals surface area contributed by atoms with E-state index in [9.17, 15) is 53.1 Å². The number of rotatable bonds is 37. The number of carbonyl (C=O) groups excluding carboxylic acids is 10. The molecular formula is C44H78N10O17S2+2. The average molecular weight is 1080 g/mol. The van der Waals surface area contributed by atoms with Crippen LogP contribution in [0, 0.1) is 0 Å². The quantitative estimate of drug-likeness (QED) is 0.0145. The van der Waals surface area contributed by atoms with Gasteiger partial charge in [0.15, 0.2) is 0 Å². The Bertz CT molecular complexity index is 1910. The molecule has 0 radical (unpaired) electrons. The van der Waals surface area contributed by atoms with E-state index in [0.29, 0.717) is 57.6 Å². The van der Waals surface area contributed by atoms with E-state index in [1.165, 1.54) is 6.92 Å². The average Bonchev–Trinajstić information content (AvgIpc) is 3.63. The standard InChI is InChI=1S/C44H76N10O17S2/c1-10-49-68-34(57)23-47-39(61)31(52-33(56)22-20-29(46)41(63)71-54(15-6,16-7)17-8)26-73-37-36(59)42(64)67-44(37,43(65)66-18-9)27-72-25-30(51-32(55)21-19-28(45)40(62)69-50-11-2)38(60)48-24-35(58)70-53(12-3,13-4)14-5/h28-31,49-50H,10-27,45-46H2,1-9H3,(H3-2,47,48,51,52,55,56,59,60,61)/p+2. The number of hydroxylamine groups is 8. The molecule has 1 heterocycles. The number of hydrogen-bond acceptors (Lipinski definition) is 23. The molecule has 0 fully saturated rings. The maximum Gasteiger partial charge on any atom is 0.385 e. The molecule has 1 rings (SSSR count). The lowest BCUT2D eigenvalue weighted by atomic mass is 10.1. The fourth-order valence-electron chi connectivity index (χ4n) is 6.66. The monoisotopic (exact) mass is 1080 g/mol. The topological polar surface area (TPSA) is 371 Å². The predicted molar refractivity (Wildman–Crippen MR) is 265 cm³/mol. The summed E-state index contributed by atoms with van der Waals surface area (Å²) in [7, 11) is 0. The van der Waals surface area contributed by atoms with Crippen LogP contribution in [0.5, 0.6) is 0 Å². The summed E-state index contributed by atoms with van der Waals surface area (Å²) in [5, 5.41) is 20.9. The van der Waals surface area contributed by atoms with Crippen LogP contribution in [0.3, 0.4) is 0 Å². The van der Waals surface area contributed by atoms with Crippen molar-refractivity contribution in [3.05, 3.63) is 10.7 Å². The molecule has 0 spiro atoms. The second-order valence-corrected chi connectivity index (χ2v) is 18.2. The first-order valence-corrected chi connectivity index (χ1v) is 26.4. The largest absolute Gasteiger partial charge is 0.501 e. The van der Waals surface area contributed by atoms with E-state index in [4.69, 9.17) is 40.3 Å². The van der Waals surface area contributed by atoms with E-state index in [1.807, 2.05) is 41.5 Å². The summed E-state index contributed by atoms with van der Waals surface area (Å²) in [4.78, 5) is 152. The predicted octanol–water partition coefficient (Wildman–Crippen LogP) is -1.70. The lowest BCUT2D eigenvalue weighted by Gasteiger charge is -2.32. The number of aliphatic hydroxyl groups is 1. The summed E-state index contributed by atoms with van der Waals surface area (Å²) in [5.74, 6) is -11.6. The number of nitrogens with two attached hydrogens (primary N) is 2. The van der Waals surface area contributed by atoms with Crippen molar-refractivity contribution < 1.29 is 91.2 Å². The molecule has 0 aromatic carbocycles. The summed E-state index contributed by atoms with van der Waals surface area (Å²) in [6.07, 6.45) is -1.13. The van der Waals surface area contributed by atoms with Crippen LogP contribution >= 0.6 is 23.5 Å². The summed E-state index contributed by atoms with van der Waals surface area (Å²) in [6, 6.07) is -5.44. The van der Waals surface area contributed by atoms with Gasteiger partial charge in [0, 0.05) is 43.2 Å². The van der Waals surface area contributed by atoms with E-state index in [2.05, 4.69) is 32.2 Å². The molecule has 1 aliphatic heterocycles. The minimum atomic E-state index is -2.43. The second-order valence-electron chi connectivity index (χ2n) is 16.2. The van der Waals surface area contributed by atoms with E-state index in [-0.39, 0.29) is 53.9 Å². The van der Waals surface area contributed by atoms with Crippen LogP contribution in [-0.4, -0.2) is 193 Å². The van der Waals surface area contributed by atoms with Crippen LogP contribution in [-0.2, 0) is 76.8 Å². The van der Waals surface area contributed by atoms with Gasteiger partial charge in [0.2, 0.25) is 29.4 Å². The number of thioether (sulfide) groups is 2. The molecule has 1 aliphatic rings. The van der Waals surface area contributed by atoms with Crippen LogP contribution in [0.25, 0.3) is 0 Å². The highest BCUT2D eigenvalue weighted by Gasteiger charge is 2.56.